The second-order valence-corrected chi connectivity index (χ2v) is 34.7. The first-order valence-electron chi connectivity index (χ1n) is 42.7. The Morgan fingerprint density at radius 1 is 0.584 bits per heavy atom. The number of hydrogen-bond acceptors (Lipinski definition) is 31. The Bertz CT molecular complexity index is 7430. The van der Waals surface area contributed by atoms with Crippen LogP contribution in [0.1, 0.15) is 120 Å². The van der Waals surface area contributed by atoms with E-state index in [1.165, 1.54) is 48.8 Å². The van der Waals surface area contributed by atoms with Crippen LogP contribution in [0.15, 0.2) is 236 Å². The van der Waals surface area contributed by atoms with Crippen LogP contribution >= 0.6 is 11.3 Å². The Morgan fingerprint density at radius 3 is 1.96 bits per heavy atom. The van der Waals surface area contributed by atoms with Gasteiger partial charge in [-0.1, -0.05) is 78.9 Å². The number of carbonyl (C=O) groups is 10. The lowest BCUT2D eigenvalue weighted by molar-refractivity contribution is -0.138. The number of aromatic nitrogens is 10. The fraction of sp³-hybridized carbons (Fsp3) is 0.173. The van der Waals surface area contributed by atoms with Crippen LogP contribution in [0.2, 0.25) is 0 Å². The van der Waals surface area contributed by atoms with Crippen molar-refractivity contribution in [1.29, 1.82) is 0 Å². The highest BCUT2D eigenvalue weighted by atomic mass is 32.2. The molecule has 0 radical (unpaired) electrons. The Balaban J connectivity index is 0.000000127. The molecule has 37 nitrogen and oxygen atoms in total. The van der Waals surface area contributed by atoms with E-state index in [1.54, 1.807) is 103 Å². The number of anilines is 6. The molecule has 3 atom stereocenters. The molecule has 8 aromatic carbocycles. The molecule has 12 heterocycles. The molecule has 0 aliphatic carbocycles. The summed E-state index contributed by atoms with van der Waals surface area (Å²) in [7, 11) is -0.496. The topological polar surface area (TPSA) is 507 Å². The predicted octanol–water partition coefficient (Wildman–Crippen LogP) is 12.7. The summed E-state index contributed by atoms with van der Waals surface area (Å²) < 4.78 is 54.4. The van der Waals surface area contributed by atoms with Gasteiger partial charge in [-0.2, -0.15) is 9.61 Å². The highest BCUT2D eigenvalue weighted by Gasteiger charge is 2.47. The van der Waals surface area contributed by atoms with Crippen LogP contribution in [0, 0.1) is 6.92 Å². The number of piperidine rings is 2. The molecule has 10 amide bonds. The summed E-state index contributed by atoms with van der Waals surface area (Å²) in [6, 6.07) is 61.1. The largest absolute Gasteiger partial charge is 0.497 e. The van der Waals surface area contributed by atoms with Gasteiger partial charge in [0.15, 0.2) is 28.8 Å². The smallest absolute Gasteiger partial charge is 0.264 e. The maximum Gasteiger partial charge on any atom is 0.264 e. The number of ether oxygens (including phenoxy) is 5. The molecular formula is C98H86N20O17S2. The summed E-state index contributed by atoms with van der Waals surface area (Å²) in [6.07, 6.45) is 6.88. The van der Waals surface area contributed by atoms with Gasteiger partial charge in [0, 0.05) is 107 Å². The van der Waals surface area contributed by atoms with Crippen molar-refractivity contribution >= 4 is 142 Å². The zero-order valence-electron chi connectivity index (χ0n) is 74.2. The quantitative estimate of drug-likeness (QED) is 0.0259. The Kier molecular flexibility index (Phi) is 27.4. The number of carbonyl (C=O) groups excluding carboxylic acids is 10. The second-order valence-electron chi connectivity index (χ2n) is 31.6. The lowest BCUT2D eigenvalue weighted by Crippen LogP contribution is -2.54. The van der Waals surface area contributed by atoms with Gasteiger partial charge in [0.1, 0.15) is 51.5 Å². The maximum absolute atomic E-state index is 13.3. The number of benzene rings is 8. The molecule has 137 heavy (non-hydrogen) atoms. The van der Waals surface area contributed by atoms with Gasteiger partial charge in [-0.05, 0) is 171 Å². The number of methoxy groups -OCH3 is 2. The highest BCUT2D eigenvalue weighted by Crippen LogP contribution is 2.42. The molecule has 10 N–H and O–H groups in total. The molecule has 2 fully saturated rings. The third kappa shape index (κ3) is 20.3. The van der Waals surface area contributed by atoms with E-state index in [2.05, 4.69) is 97.2 Å². The maximum atomic E-state index is 13.3. The lowest BCUT2D eigenvalue weighted by atomic mass is 10.0. The van der Waals surface area contributed by atoms with Crippen LogP contribution in [0.4, 0.5) is 34.5 Å². The summed E-state index contributed by atoms with van der Waals surface area (Å²) in [5.74, 6) is -0.433. The summed E-state index contributed by atoms with van der Waals surface area (Å²) >= 11 is 1.67. The van der Waals surface area contributed by atoms with E-state index < -0.39 is 81.0 Å². The number of imide groups is 4. The number of amides is 10. The molecule has 2 saturated heterocycles. The number of nitrogens with two attached hydrogens (primary N) is 3. The lowest BCUT2D eigenvalue weighted by Gasteiger charge is -2.29. The van der Waals surface area contributed by atoms with Crippen LogP contribution in [-0.4, -0.2) is 177 Å². The molecule has 2 unspecified atom stereocenters. The van der Waals surface area contributed by atoms with Gasteiger partial charge in [-0.25, -0.2) is 23.4 Å². The van der Waals surface area contributed by atoms with E-state index in [-0.39, 0.29) is 77.3 Å². The number of hydrogen-bond donors (Lipinski definition) is 7. The first-order valence-corrected chi connectivity index (χ1v) is 45.7. The van der Waals surface area contributed by atoms with Crippen LogP contribution in [0.5, 0.6) is 34.6 Å². The SMILES string of the molecule is CCOc1cc([C@@H](CS(C)(=O)=O)N2C(=O)c3cccc(NC(C)=O)c3C2=O)ccc1OC.COc1ccc2c(OCc3nnc4ccc(-c5ccccc5)nn34)ccnc2c1.Cc1csc(-c2nnc(Nc3ccc(Oc4ncccc4-c4ccnc(N)n4)cc3)c3ccccc23)c1.Nc1cccc2c1C(=O)N(C1CCC(=O)NC1=O)C2=O.Nc1cccc2c1CN(C1CCC(=O)NC1=O)C2=O. The van der Waals surface area contributed by atoms with Gasteiger partial charge in [0.05, 0.1) is 87.9 Å². The first kappa shape index (κ1) is 92.9. The van der Waals surface area contributed by atoms with Gasteiger partial charge in [0.25, 0.3) is 29.5 Å². The van der Waals surface area contributed by atoms with E-state index >= 15 is 0 Å². The Hall–Kier alpha value is -17.4. The van der Waals surface area contributed by atoms with Crippen molar-refractivity contribution in [2.75, 3.05) is 60.7 Å². The molecule has 7 aromatic heterocycles. The molecule has 5 aliphatic heterocycles. The highest BCUT2D eigenvalue weighted by molar-refractivity contribution is 7.90. The van der Waals surface area contributed by atoms with Gasteiger partial charge in [-0.15, -0.1) is 31.7 Å². The predicted molar refractivity (Wildman–Crippen MR) is 508 cm³/mol. The Morgan fingerprint density at radius 2 is 1.28 bits per heavy atom. The zero-order chi connectivity index (χ0) is 96.5. The van der Waals surface area contributed by atoms with Crippen molar-refractivity contribution in [3.63, 3.8) is 0 Å². The number of aryl methyl sites for hydroxylation is 1. The minimum absolute atomic E-state index is 0.0322. The van der Waals surface area contributed by atoms with Crippen LogP contribution in [0.3, 0.4) is 0 Å². The third-order valence-electron chi connectivity index (χ3n) is 22.4. The van der Waals surface area contributed by atoms with Gasteiger partial charge < -0.3 is 56.4 Å². The minimum atomic E-state index is -3.60. The van der Waals surface area contributed by atoms with Gasteiger partial charge in [0.2, 0.25) is 41.4 Å². The molecule has 15 aromatic rings. The molecular weight excluding hydrogens is 1790 g/mol. The van der Waals surface area contributed by atoms with Crippen molar-refractivity contribution in [1.82, 2.24) is 75.3 Å². The number of pyridine rings is 2. The second kappa shape index (κ2) is 40.4. The summed E-state index contributed by atoms with van der Waals surface area (Å²) in [4.78, 5) is 142. The molecule has 39 heteroatoms. The monoisotopic (exact) mass is 1880 g/mol. The van der Waals surface area contributed by atoms with E-state index in [0.29, 0.717) is 88.2 Å². The van der Waals surface area contributed by atoms with E-state index in [4.69, 9.17) is 40.9 Å². The molecule has 0 bridgehead atoms. The van der Waals surface area contributed by atoms with Crippen LogP contribution in [0.25, 0.3) is 60.4 Å². The first-order chi connectivity index (χ1) is 66.1. The van der Waals surface area contributed by atoms with Gasteiger partial charge in [-0.3, -0.25) is 73.4 Å². The van der Waals surface area contributed by atoms with Gasteiger partial charge >= 0.3 is 0 Å². The number of sulfone groups is 1. The summed E-state index contributed by atoms with van der Waals surface area (Å²) in [5.41, 5.74) is 28.1. The average molecular weight is 1880 g/mol. The molecule has 692 valence electrons. The number of thiophene rings is 1. The van der Waals surface area contributed by atoms with Crippen molar-refractivity contribution in [2.45, 2.75) is 77.7 Å². The van der Waals surface area contributed by atoms with Crippen molar-refractivity contribution in [3.8, 4) is 67.7 Å². The number of nitrogens with zero attached hydrogens (tertiary/aromatic N) is 13. The van der Waals surface area contributed by atoms with Crippen molar-refractivity contribution < 1.29 is 80.0 Å². The minimum Gasteiger partial charge on any atom is -0.497 e. The van der Waals surface area contributed by atoms with Crippen LogP contribution < -0.4 is 62.2 Å². The van der Waals surface area contributed by atoms with E-state index in [0.717, 1.165) is 82.1 Å². The van der Waals surface area contributed by atoms with Crippen molar-refractivity contribution in [2.24, 2.45) is 0 Å². The molecule has 5 aliphatic rings. The number of rotatable bonds is 21. The fourth-order valence-corrected chi connectivity index (χ4v) is 17.8. The Labute approximate surface area is 785 Å². The summed E-state index contributed by atoms with van der Waals surface area (Å²) in [6.45, 7) is 6.05. The molecule has 0 saturated carbocycles. The number of fused-ring (bicyclic) bond motifs is 6. The molecule has 20 rings (SSSR count). The number of nitrogens with one attached hydrogen (secondary N) is 4. The average Bonchev–Trinajstić information content (AvgIpc) is 1.58. The zero-order valence-corrected chi connectivity index (χ0v) is 75.8. The van der Waals surface area contributed by atoms with E-state index in [9.17, 15) is 56.4 Å². The number of nitrogen functional groups attached to an aromatic ring is 3. The van der Waals surface area contributed by atoms with Crippen LogP contribution in [-0.2, 0) is 47.0 Å². The van der Waals surface area contributed by atoms with Crippen molar-refractivity contribution in [3.05, 3.63) is 287 Å². The standard InChI is InChI=1S/C28H21N7OS.C22H17N5O2.C22H24N2O7S.C13H11N3O4.C13H13N3O3/c1-17-15-24(37-16-17)25-20-5-2-3-6-21(20)26(35-34-25)32-18-8-10-19(11-9-18)36-27-22(7-4-13-30-27)23-12-14-31-28(29)33-23;1-28-16-7-8-17-19(13-16)23-12-11-20(17)29-14-22-25-24-21-10-9-18(26-27(21)22)15-5-3-2-4-6-15;1-5-31-19-11-14(9-10-18(19)30-3)17(12-32(4,28)29)24-21(26)15-7-6-8-16(23-13(2)25)20(15)22(24)27;14-7-3-1-2-6-10(7)13(20)16(12(6)19)8-4-5-9(17)15-11(8)18;14-9-3-1-2-7-8(9)6-16(13(7)19)10-4-5-11(17)15-12(10)18/h2-16H,1H3,(H,32,35)(H2,29,31,33);2-13H,14H2,1H3;6-11,17H,5,12H2,1-4H3,(H,23,25);1-3,8H,4-5,14H2,(H,15,17,18);1-3,10H,4-6,14H2,(H,15,17,18)/t;;17-;;/m..1../s1. The normalized spacial score (nSPS) is 14.9. The molecule has 0 spiro atoms. The third-order valence-corrected chi connectivity index (χ3v) is 24.4. The van der Waals surface area contributed by atoms with E-state index in [1.807, 2.05) is 115 Å². The summed E-state index contributed by atoms with van der Waals surface area (Å²) in [5, 5.41) is 37.6. The fourth-order valence-electron chi connectivity index (χ4n) is 16.0.